The second-order valence-electron chi connectivity index (χ2n) is 5.12. The van der Waals surface area contributed by atoms with E-state index in [2.05, 4.69) is 5.32 Å². The number of unbranched alkanes of at least 4 members (excludes halogenated alkanes) is 1. The highest BCUT2D eigenvalue weighted by Gasteiger charge is 2.32. The molecular weight excluding hydrogens is 329 g/mol. The van der Waals surface area contributed by atoms with Crippen LogP contribution in [-0.4, -0.2) is 42.5 Å². The molecule has 1 rings (SSSR count). The van der Waals surface area contributed by atoms with Crippen molar-refractivity contribution in [2.45, 2.75) is 38.8 Å². The van der Waals surface area contributed by atoms with Gasteiger partial charge in [0, 0.05) is 19.5 Å². The van der Waals surface area contributed by atoms with Crippen LogP contribution >= 0.6 is 11.3 Å². The number of carbonyl (C=O) groups is 2. The maximum absolute atomic E-state index is 12.5. The smallest absolute Gasteiger partial charge is 0.351 e. The SMILES string of the molecule is CCCCN(CC(F)(F)F)C(=O)CCCNC(=O)c1cccs1. The molecule has 1 aromatic heterocycles. The van der Waals surface area contributed by atoms with Gasteiger partial charge in [0.05, 0.1) is 4.88 Å². The quantitative estimate of drug-likeness (QED) is 0.694. The Hall–Kier alpha value is -1.57. The molecule has 130 valence electrons. The normalized spacial score (nSPS) is 11.3. The third kappa shape index (κ3) is 8.01. The molecule has 2 amide bonds. The Bertz CT molecular complexity index is 489. The molecule has 1 heterocycles. The molecule has 23 heavy (non-hydrogen) atoms. The van der Waals surface area contributed by atoms with E-state index in [4.69, 9.17) is 0 Å². The Kier molecular flexibility index (Phi) is 8.08. The lowest BCUT2D eigenvalue weighted by atomic mass is 10.2. The molecule has 0 aliphatic heterocycles. The van der Waals surface area contributed by atoms with Crippen molar-refractivity contribution in [3.05, 3.63) is 22.4 Å². The maximum Gasteiger partial charge on any atom is 0.406 e. The molecule has 8 heteroatoms. The van der Waals surface area contributed by atoms with Gasteiger partial charge in [-0.25, -0.2) is 0 Å². The molecule has 0 aliphatic rings. The van der Waals surface area contributed by atoms with Crippen molar-refractivity contribution in [3.8, 4) is 0 Å². The number of halogens is 3. The topological polar surface area (TPSA) is 49.4 Å². The molecule has 1 N–H and O–H groups in total. The molecule has 1 aromatic rings. The molecule has 0 saturated carbocycles. The Morgan fingerprint density at radius 3 is 2.61 bits per heavy atom. The second kappa shape index (κ2) is 9.54. The molecule has 0 unspecified atom stereocenters. The van der Waals surface area contributed by atoms with Crippen LogP contribution in [-0.2, 0) is 4.79 Å². The number of carbonyl (C=O) groups excluding carboxylic acids is 2. The highest BCUT2D eigenvalue weighted by atomic mass is 32.1. The second-order valence-corrected chi connectivity index (χ2v) is 6.07. The van der Waals surface area contributed by atoms with E-state index in [1.54, 1.807) is 17.5 Å². The van der Waals surface area contributed by atoms with Gasteiger partial charge in [0.1, 0.15) is 6.54 Å². The van der Waals surface area contributed by atoms with E-state index in [9.17, 15) is 22.8 Å². The number of nitrogens with zero attached hydrogens (tertiary/aromatic N) is 1. The predicted octanol–water partition coefficient (Wildman–Crippen LogP) is 3.45. The van der Waals surface area contributed by atoms with E-state index in [0.29, 0.717) is 17.7 Å². The summed E-state index contributed by atoms with van der Waals surface area (Å²) in [6.45, 7) is 1.01. The molecule has 0 radical (unpaired) electrons. The first-order valence-electron chi connectivity index (χ1n) is 7.49. The summed E-state index contributed by atoms with van der Waals surface area (Å²) in [5, 5.41) is 4.43. The van der Waals surface area contributed by atoms with Gasteiger partial charge >= 0.3 is 6.18 Å². The summed E-state index contributed by atoms with van der Waals surface area (Å²) in [7, 11) is 0. The summed E-state index contributed by atoms with van der Waals surface area (Å²) in [5.74, 6) is -0.758. The van der Waals surface area contributed by atoms with E-state index in [1.165, 1.54) is 11.3 Å². The summed E-state index contributed by atoms with van der Waals surface area (Å²) < 4.78 is 37.5. The number of hydrogen-bond donors (Lipinski definition) is 1. The summed E-state index contributed by atoms with van der Waals surface area (Å²) in [6, 6.07) is 3.44. The third-order valence-corrected chi connectivity index (χ3v) is 3.97. The minimum Gasteiger partial charge on any atom is -0.351 e. The van der Waals surface area contributed by atoms with Gasteiger partial charge in [-0.1, -0.05) is 19.4 Å². The van der Waals surface area contributed by atoms with E-state index in [1.807, 2.05) is 6.92 Å². The number of rotatable bonds is 9. The first-order valence-corrected chi connectivity index (χ1v) is 8.37. The fourth-order valence-electron chi connectivity index (χ4n) is 1.95. The van der Waals surface area contributed by atoms with E-state index < -0.39 is 18.6 Å². The molecule has 0 saturated heterocycles. The fourth-order valence-corrected chi connectivity index (χ4v) is 2.59. The van der Waals surface area contributed by atoms with Crippen molar-refractivity contribution in [2.24, 2.45) is 0 Å². The lowest BCUT2D eigenvalue weighted by Gasteiger charge is -2.23. The van der Waals surface area contributed by atoms with Crippen LogP contribution in [0.5, 0.6) is 0 Å². The van der Waals surface area contributed by atoms with Crippen LogP contribution in [0.15, 0.2) is 17.5 Å². The lowest BCUT2D eigenvalue weighted by Crippen LogP contribution is -2.39. The summed E-state index contributed by atoms with van der Waals surface area (Å²) >= 11 is 1.30. The molecule has 4 nitrogen and oxygen atoms in total. The minimum absolute atomic E-state index is 0.00941. The lowest BCUT2D eigenvalue weighted by molar-refractivity contribution is -0.161. The zero-order valence-corrected chi connectivity index (χ0v) is 13.8. The Morgan fingerprint density at radius 2 is 2.04 bits per heavy atom. The molecule has 0 spiro atoms. The van der Waals surface area contributed by atoms with Gasteiger partial charge in [-0.2, -0.15) is 13.2 Å². The van der Waals surface area contributed by atoms with Crippen LogP contribution in [0.4, 0.5) is 13.2 Å². The molecule has 0 atom stereocenters. The summed E-state index contributed by atoms with van der Waals surface area (Å²) in [5.41, 5.74) is 0. The average molecular weight is 350 g/mol. The average Bonchev–Trinajstić information content (AvgIpc) is 3.00. The Balaban J connectivity index is 2.35. The van der Waals surface area contributed by atoms with Gasteiger partial charge in [0.15, 0.2) is 0 Å². The zero-order valence-electron chi connectivity index (χ0n) is 13.0. The molecule has 0 aromatic carbocycles. The highest BCUT2D eigenvalue weighted by Crippen LogP contribution is 2.17. The number of nitrogens with one attached hydrogen (secondary N) is 1. The van der Waals surface area contributed by atoms with Crippen LogP contribution in [0.25, 0.3) is 0 Å². The maximum atomic E-state index is 12.5. The molecule has 0 bridgehead atoms. The standard InChI is InChI=1S/C15H21F3N2O2S/c1-2-3-9-20(11-15(16,17)18)13(21)7-4-8-19-14(22)12-6-5-10-23-12/h5-6,10H,2-4,7-9,11H2,1H3,(H,19,22). The number of hydrogen-bond acceptors (Lipinski definition) is 3. The zero-order chi connectivity index (χ0) is 17.3. The Labute approximate surface area is 137 Å². The monoisotopic (exact) mass is 350 g/mol. The minimum atomic E-state index is -4.39. The largest absolute Gasteiger partial charge is 0.406 e. The van der Waals surface area contributed by atoms with Crippen LogP contribution in [0.3, 0.4) is 0 Å². The van der Waals surface area contributed by atoms with Crippen molar-refractivity contribution in [1.82, 2.24) is 10.2 Å². The fraction of sp³-hybridized carbons (Fsp3) is 0.600. The van der Waals surface area contributed by atoms with Crippen LogP contribution < -0.4 is 5.32 Å². The molecule has 0 aliphatic carbocycles. The van der Waals surface area contributed by atoms with E-state index >= 15 is 0 Å². The van der Waals surface area contributed by atoms with Gasteiger partial charge in [-0.15, -0.1) is 11.3 Å². The van der Waals surface area contributed by atoms with Crippen LogP contribution in [0.2, 0.25) is 0 Å². The molecular formula is C15H21F3N2O2S. The van der Waals surface area contributed by atoms with E-state index in [-0.39, 0.29) is 25.4 Å². The Morgan fingerprint density at radius 1 is 1.30 bits per heavy atom. The van der Waals surface area contributed by atoms with Gasteiger partial charge in [-0.05, 0) is 24.3 Å². The van der Waals surface area contributed by atoms with Crippen molar-refractivity contribution in [1.29, 1.82) is 0 Å². The van der Waals surface area contributed by atoms with Crippen molar-refractivity contribution < 1.29 is 22.8 Å². The third-order valence-electron chi connectivity index (χ3n) is 3.10. The van der Waals surface area contributed by atoms with Crippen LogP contribution in [0, 0.1) is 0 Å². The van der Waals surface area contributed by atoms with Crippen molar-refractivity contribution in [2.75, 3.05) is 19.6 Å². The molecule has 0 fully saturated rings. The van der Waals surface area contributed by atoms with Gasteiger partial charge in [-0.3, -0.25) is 9.59 Å². The predicted molar refractivity (Wildman–Crippen MR) is 83.4 cm³/mol. The summed E-state index contributed by atoms with van der Waals surface area (Å²) in [4.78, 5) is 25.0. The number of alkyl halides is 3. The van der Waals surface area contributed by atoms with E-state index in [0.717, 1.165) is 11.3 Å². The van der Waals surface area contributed by atoms with Crippen LogP contribution in [0.1, 0.15) is 42.3 Å². The first-order chi connectivity index (χ1) is 10.8. The summed E-state index contributed by atoms with van der Waals surface area (Å²) in [6.07, 6.45) is -2.83. The van der Waals surface area contributed by atoms with Crippen molar-refractivity contribution in [3.63, 3.8) is 0 Å². The number of amides is 2. The van der Waals surface area contributed by atoms with Gasteiger partial charge < -0.3 is 10.2 Å². The highest BCUT2D eigenvalue weighted by molar-refractivity contribution is 7.12. The van der Waals surface area contributed by atoms with Crippen molar-refractivity contribution >= 4 is 23.2 Å². The van der Waals surface area contributed by atoms with Gasteiger partial charge in [0.2, 0.25) is 5.91 Å². The first kappa shape index (κ1) is 19.5. The number of thiophene rings is 1. The van der Waals surface area contributed by atoms with Gasteiger partial charge in [0.25, 0.3) is 5.91 Å².